The van der Waals surface area contributed by atoms with Crippen molar-refractivity contribution in [3.05, 3.63) is 64.9 Å². The summed E-state index contributed by atoms with van der Waals surface area (Å²) >= 11 is 0. The zero-order chi connectivity index (χ0) is 33.6. The number of anilines is 2. The van der Waals surface area contributed by atoms with E-state index in [4.69, 9.17) is 14.2 Å². The number of carbonyl (C=O) groups is 2. The molecule has 0 unspecified atom stereocenters. The van der Waals surface area contributed by atoms with E-state index in [1.54, 1.807) is 32.2 Å². The second-order valence-electron chi connectivity index (χ2n) is 10.9. The Bertz CT molecular complexity index is 1660. The van der Waals surface area contributed by atoms with E-state index in [0.717, 1.165) is 21.1 Å². The van der Waals surface area contributed by atoms with Gasteiger partial charge < -0.3 is 29.7 Å². The van der Waals surface area contributed by atoms with E-state index in [0.29, 0.717) is 43.0 Å². The van der Waals surface area contributed by atoms with Gasteiger partial charge in [0, 0.05) is 56.9 Å². The number of carbonyl (C=O) groups excluding carboxylic acids is 2. The summed E-state index contributed by atoms with van der Waals surface area (Å²) in [6.07, 6.45) is -0.799. The zero-order valence-electron chi connectivity index (χ0n) is 26.3. The highest BCUT2D eigenvalue weighted by Gasteiger charge is 2.35. The molecule has 0 saturated carbocycles. The predicted molar refractivity (Wildman–Crippen MR) is 166 cm³/mol. The van der Waals surface area contributed by atoms with Crippen molar-refractivity contribution in [1.82, 2.24) is 19.0 Å². The molecule has 0 radical (unpaired) electrons. The first-order valence-corrected chi connectivity index (χ1v) is 16.0. The number of hydrogen-bond acceptors (Lipinski definition) is 10. The van der Waals surface area contributed by atoms with Crippen molar-refractivity contribution in [2.45, 2.75) is 37.8 Å². The second kappa shape index (κ2) is 15.0. The van der Waals surface area contributed by atoms with Gasteiger partial charge >= 0.3 is 6.09 Å². The molecule has 46 heavy (non-hydrogen) atoms. The summed E-state index contributed by atoms with van der Waals surface area (Å²) in [4.78, 5) is 27.9. The Balaban J connectivity index is 1.68. The zero-order valence-corrected chi connectivity index (χ0v) is 27.1. The van der Waals surface area contributed by atoms with Gasteiger partial charge in [0.25, 0.3) is 5.91 Å². The Hall–Kier alpha value is -4.12. The number of methoxy groups -OCH3 is 1. The van der Waals surface area contributed by atoms with Crippen molar-refractivity contribution in [3.8, 4) is 5.75 Å². The van der Waals surface area contributed by atoms with Crippen LogP contribution in [0.25, 0.3) is 0 Å². The van der Waals surface area contributed by atoms with Crippen LogP contribution in [0.2, 0.25) is 0 Å². The number of sulfonamides is 1. The van der Waals surface area contributed by atoms with Gasteiger partial charge in [-0.25, -0.2) is 22.0 Å². The molecule has 1 amide bonds. The van der Waals surface area contributed by atoms with Crippen LogP contribution in [0.1, 0.15) is 35.5 Å². The minimum absolute atomic E-state index is 0.00830. The third kappa shape index (κ3) is 8.17. The second-order valence-corrected chi connectivity index (χ2v) is 12.8. The number of nitrogens with zero attached hydrogens (tertiary/aromatic N) is 4. The van der Waals surface area contributed by atoms with E-state index < -0.39 is 38.6 Å². The number of benzene rings is 2. The molecule has 2 aromatic carbocycles. The number of likely N-dealkylation sites (N-methyl/N-ethyl adjacent to an activating group) is 1. The summed E-state index contributed by atoms with van der Waals surface area (Å²) in [5.74, 6) is -2.23. The SMILES string of the molecule is CCOC(=O)n1nc(NC(=O)c2ccc(OCCN(C)C)cc2N[C@H](C)COC)c2c1CCN(S(=O)(=O)c1cc(F)cc(F)c1)C2. The Labute approximate surface area is 266 Å². The lowest BCUT2D eigenvalue weighted by Gasteiger charge is -2.27. The molecule has 0 bridgehead atoms. The normalized spacial score (nSPS) is 14.1. The summed E-state index contributed by atoms with van der Waals surface area (Å²) in [7, 11) is 1.05. The summed E-state index contributed by atoms with van der Waals surface area (Å²) in [5.41, 5.74) is 1.24. The molecule has 2 N–H and O–H groups in total. The van der Waals surface area contributed by atoms with E-state index in [-0.39, 0.29) is 49.1 Å². The van der Waals surface area contributed by atoms with E-state index in [1.165, 1.54) is 0 Å². The molecule has 0 aliphatic carbocycles. The minimum Gasteiger partial charge on any atom is -0.492 e. The van der Waals surface area contributed by atoms with Crippen LogP contribution in [0.4, 0.5) is 25.1 Å². The molecule has 3 aromatic rings. The summed E-state index contributed by atoms with van der Waals surface area (Å²) in [6, 6.07) is 6.76. The summed E-state index contributed by atoms with van der Waals surface area (Å²) in [6.45, 7) is 4.55. The Morgan fingerprint density at radius 2 is 1.85 bits per heavy atom. The lowest BCUT2D eigenvalue weighted by atomic mass is 10.1. The van der Waals surface area contributed by atoms with Crippen molar-refractivity contribution < 1.29 is 41.0 Å². The van der Waals surface area contributed by atoms with Crippen LogP contribution < -0.4 is 15.4 Å². The van der Waals surface area contributed by atoms with Crippen LogP contribution >= 0.6 is 0 Å². The number of aromatic nitrogens is 2. The van der Waals surface area contributed by atoms with E-state index in [1.807, 2.05) is 25.9 Å². The van der Waals surface area contributed by atoms with Crippen LogP contribution in [-0.2, 0) is 32.5 Å². The Morgan fingerprint density at radius 1 is 1.13 bits per heavy atom. The molecular formula is C30H38F2N6O7S. The lowest BCUT2D eigenvalue weighted by Crippen LogP contribution is -2.37. The van der Waals surface area contributed by atoms with Crippen LogP contribution in [0, 0.1) is 11.6 Å². The highest BCUT2D eigenvalue weighted by molar-refractivity contribution is 7.89. The first-order chi connectivity index (χ1) is 21.8. The Morgan fingerprint density at radius 3 is 2.50 bits per heavy atom. The van der Waals surface area contributed by atoms with Gasteiger partial charge in [0.1, 0.15) is 24.0 Å². The molecule has 13 nitrogen and oxygen atoms in total. The van der Waals surface area contributed by atoms with Crippen LogP contribution in [-0.4, -0.2) is 99.6 Å². The van der Waals surface area contributed by atoms with Gasteiger partial charge in [-0.15, -0.1) is 5.10 Å². The van der Waals surface area contributed by atoms with Crippen LogP contribution in [0.15, 0.2) is 41.3 Å². The third-order valence-electron chi connectivity index (χ3n) is 7.03. The summed E-state index contributed by atoms with van der Waals surface area (Å²) in [5, 5.41) is 10.3. The van der Waals surface area contributed by atoms with E-state index >= 15 is 0 Å². The fourth-order valence-corrected chi connectivity index (χ4v) is 6.32. The van der Waals surface area contributed by atoms with Gasteiger partial charge in [0.15, 0.2) is 5.82 Å². The van der Waals surface area contributed by atoms with Gasteiger partial charge in [-0.3, -0.25) is 4.79 Å². The quantitative estimate of drug-likeness (QED) is 0.278. The number of amides is 1. The average Bonchev–Trinajstić information content (AvgIpc) is 3.34. The minimum atomic E-state index is -4.36. The van der Waals surface area contributed by atoms with Gasteiger partial charge in [-0.1, -0.05) is 0 Å². The maximum atomic E-state index is 13.9. The molecule has 250 valence electrons. The lowest BCUT2D eigenvalue weighted by molar-refractivity contribution is 0.102. The number of halogens is 2. The molecule has 1 aromatic heterocycles. The highest BCUT2D eigenvalue weighted by atomic mass is 32.2. The first kappa shape index (κ1) is 34.7. The molecular weight excluding hydrogens is 626 g/mol. The maximum Gasteiger partial charge on any atom is 0.434 e. The van der Waals surface area contributed by atoms with Crippen molar-refractivity contribution in [2.75, 3.05) is 64.7 Å². The Kier molecular flexibility index (Phi) is 11.3. The maximum absolute atomic E-state index is 13.9. The van der Waals surface area contributed by atoms with Crippen LogP contribution in [0.5, 0.6) is 5.75 Å². The summed E-state index contributed by atoms with van der Waals surface area (Å²) < 4.78 is 72.8. The van der Waals surface area contributed by atoms with E-state index in [9.17, 15) is 26.8 Å². The monoisotopic (exact) mass is 664 g/mol. The molecule has 0 saturated heterocycles. The number of rotatable bonds is 13. The highest BCUT2D eigenvalue weighted by Crippen LogP contribution is 2.32. The molecule has 2 heterocycles. The molecule has 0 spiro atoms. The molecule has 1 aliphatic rings. The van der Waals surface area contributed by atoms with Gasteiger partial charge in [0.2, 0.25) is 10.0 Å². The smallest absolute Gasteiger partial charge is 0.434 e. The van der Waals surface area contributed by atoms with Crippen molar-refractivity contribution in [1.29, 1.82) is 0 Å². The molecule has 0 fully saturated rings. The molecule has 1 aliphatic heterocycles. The van der Waals surface area contributed by atoms with Gasteiger partial charge in [-0.05, 0) is 52.2 Å². The van der Waals surface area contributed by atoms with Crippen molar-refractivity contribution in [2.24, 2.45) is 0 Å². The fourth-order valence-electron chi connectivity index (χ4n) is 4.87. The number of fused-ring (bicyclic) bond motifs is 1. The van der Waals surface area contributed by atoms with Crippen molar-refractivity contribution >= 4 is 33.5 Å². The van der Waals surface area contributed by atoms with E-state index in [2.05, 4.69) is 15.7 Å². The third-order valence-corrected chi connectivity index (χ3v) is 8.85. The number of nitrogens with one attached hydrogen (secondary N) is 2. The predicted octanol–water partition coefficient (Wildman–Crippen LogP) is 3.55. The average molecular weight is 665 g/mol. The van der Waals surface area contributed by atoms with Crippen LogP contribution in [0.3, 0.4) is 0 Å². The topological polar surface area (TPSA) is 144 Å². The fraction of sp³-hybridized carbons (Fsp3) is 0.433. The van der Waals surface area contributed by atoms with Gasteiger partial charge in [0.05, 0.1) is 35.1 Å². The molecule has 4 rings (SSSR count). The number of ether oxygens (including phenoxy) is 3. The van der Waals surface area contributed by atoms with Crippen molar-refractivity contribution in [3.63, 3.8) is 0 Å². The van der Waals surface area contributed by atoms with Gasteiger partial charge in [-0.2, -0.15) is 8.99 Å². The molecule has 1 atom stereocenters. The standard InChI is InChI=1S/C30H38F2N6O7S/c1-6-44-30(40)38-27-9-10-37(46(41,42)23-14-20(31)13-21(32)15-23)17-25(27)28(35-38)34-29(39)24-8-7-22(45-12-11-36(3)4)16-26(24)33-19(2)18-43-5/h7-8,13-16,19,33H,6,9-12,17-18H2,1-5H3,(H,34,35,39)/t19-/m1/s1. The first-order valence-electron chi connectivity index (χ1n) is 14.6. The largest absolute Gasteiger partial charge is 0.492 e. The molecule has 16 heteroatoms. The number of hydrogen-bond donors (Lipinski definition) is 2.